The van der Waals surface area contributed by atoms with E-state index < -0.39 is 0 Å². The summed E-state index contributed by atoms with van der Waals surface area (Å²) in [4.78, 5) is 19.2. The van der Waals surface area contributed by atoms with Gasteiger partial charge in [0.25, 0.3) is 5.91 Å². The van der Waals surface area contributed by atoms with Gasteiger partial charge in [-0.15, -0.1) is 24.0 Å². The Balaban J connectivity index is 0.00000420. The molecular weight excluding hydrogens is 484 g/mol. The number of rotatable bonds is 8. The highest BCUT2D eigenvalue weighted by atomic mass is 127. The Morgan fingerprint density at radius 3 is 2.59 bits per heavy atom. The average Bonchev–Trinajstić information content (AvgIpc) is 2.69. The lowest BCUT2D eigenvalue weighted by Crippen LogP contribution is -2.49. The van der Waals surface area contributed by atoms with E-state index in [1.54, 1.807) is 19.1 Å². The summed E-state index contributed by atoms with van der Waals surface area (Å²) < 4.78 is 13.6. The van der Waals surface area contributed by atoms with Gasteiger partial charge in [-0.1, -0.05) is 13.0 Å². The number of guanidine groups is 1. The molecular formula is C21H35FIN5O. The lowest BCUT2D eigenvalue weighted by atomic mass is 10.1. The third kappa shape index (κ3) is 8.86. The molecule has 0 spiro atoms. The van der Waals surface area contributed by atoms with E-state index in [1.165, 1.54) is 19.0 Å². The summed E-state index contributed by atoms with van der Waals surface area (Å²) >= 11 is 0. The molecule has 1 aromatic rings. The maximum Gasteiger partial charge on any atom is 0.251 e. The molecule has 0 bridgehead atoms. The van der Waals surface area contributed by atoms with Crippen LogP contribution in [-0.2, 0) is 0 Å². The summed E-state index contributed by atoms with van der Waals surface area (Å²) in [6, 6.07) is 4.94. The van der Waals surface area contributed by atoms with Gasteiger partial charge >= 0.3 is 0 Å². The van der Waals surface area contributed by atoms with Crippen LogP contribution in [0.15, 0.2) is 23.2 Å². The quantitative estimate of drug-likeness (QED) is 0.214. The first-order valence-electron chi connectivity index (χ1n) is 10.3. The molecule has 1 fully saturated rings. The molecule has 1 heterocycles. The fourth-order valence-corrected chi connectivity index (χ4v) is 3.30. The second kappa shape index (κ2) is 13.7. The van der Waals surface area contributed by atoms with Crippen molar-refractivity contribution in [2.45, 2.75) is 46.1 Å². The highest BCUT2D eigenvalue weighted by Gasteiger charge is 2.19. The first-order valence-corrected chi connectivity index (χ1v) is 10.3. The second-order valence-corrected chi connectivity index (χ2v) is 7.24. The van der Waals surface area contributed by atoms with Gasteiger partial charge in [0.2, 0.25) is 0 Å². The third-order valence-electron chi connectivity index (χ3n) is 4.91. The number of nitrogens with zero attached hydrogens (tertiary/aromatic N) is 2. The van der Waals surface area contributed by atoms with Gasteiger partial charge in [-0.05, 0) is 57.4 Å². The minimum atomic E-state index is -0.366. The van der Waals surface area contributed by atoms with Crippen molar-refractivity contribution in [1.82, 2.24) is 20.9 Å². The molecule has 2 rings (SSSR count). The number of halogens is 2. The fraction of sp³-hybridized carbons (Fsp3) is 0.619. The van der Waals surface area contributed by atoms with Crippen LogP contribution in [0, 0.1) is 12.7 Å². The molecule has 0 saturated carbocycles. The Bertz CT molecular complexity index is 662. The average molecular weight is 519 g/mol. The molecule has 29 heavy (non-hydrogen) atoms. The predicted molar refractivity (Wildman–Crippen MR) is 128 cm³/mol. The van der Waals surface area contributed by atoms with Crippen LogP contribution in [0.2, 0.25) is 0 Å². The topological polar surface area (TPSA) is 68.8 Å². The van der Waals surface area contributed by atoms with E-state index in [2.05, 4.69) is 32.8 Å². The third-order valence-corrected chi connectivity index (χ3v) is 4.91. The Kier molecular flexibility index (Phi) is 12.1. The number of hydrogen-bond donors (Lipinski definition) is 3. The van der Waals surface area contributed by atoms with Gasteiger partial charge in [0.05, 0.1) is 6.54 Å². The number of nitrogens with one attached hydrogen (secondary N) is 3. The zero-order chi connectivity index (χ0) is 20.4. The summed E-state index contributed by atoms with van der Waals surface area (Å²) in [5, 5.41) is 9.56. The number of piperidine rings is 1. The molecule has 0 aliphatic carbocycles. The number of carbonyl (C=O) groups excluding carboxylic acids is 1. The summed E-state index contributed by atoms with van der Waals surface area (Å²) in [6.07, 6.45) is 3.42. The fourth-order valence-electron chi connectivity index (χ4n) is 3.30. The van der Waals surface area contributed by atoms with Crippen molar-refractivity contribution in [3.63, 3.8) is 0 Å². The minimum Gasteiger partial charge on any atom is -0.357 e. The zero-order valence-electron chi connectivity index (χ0n) is 17.8. The highest BCUT2D eigenvalue weighted by Crippen LogP contribution is 2.10. The zero-order valence-corrected chi connectivity index (χ0v) is 20.1. The standard InChI is InChI=1S/C21H34FN5O.HI/c1-4-12-27-13-8-18(9-14-27)26-21(23-5-2)25-11-10-24-20(28)17-7-6-16(3)19(22)15-17;/h6-7,15,18H,4-5,8-14H2,1-3H3,(H,24,28)(H2,23,25,26);1H. The molecule has 0 aromatic heterocycles. The molecule has 1 aliphatic heterocycles. The van der Waals surface area contributed by atoms with Gasteiger partial charge in [-0.25, -0.2) is 4.39 Å². The highest BCUT2D eigenvalue weighted by molar-refractivity contribution is 14.0. The number of likely N-dealkylation sites (tertiary alicyclic amines) is 1. The van der Waals surface area contributed by atoms with Crippen molar-refractivity contribution < 1.29 is 9.18 Å². The van der Waals surface area contributed by atoms with Crippen LogP contribution < -0.4 is 16.0 Å². The number of benzene rings is 1. The normalized spacial score (nSPS) is 15.5. The van der Waals surface area contributed by atoms with Crippen LogP contribution in [0.5, 0.6) is 0 Å². The van der Waals surface area contributed by atoms with Crippen molar-refractivity contribution in [3.05, 3.63) is 35.1 Å². The predicted octanol–water partition coefficient (Wildman–Crippen LogP) is 2.91. The molecule has 8 heteroatoms. The van der Waals surface area contributed by atoms with Crippen molar-refractivity contribution >= 4 is 35.8 Å². The Labute approximate surface area is 191 Å². The van der Waals surface area contributed by atoms with E-state index in [0.29, 0.717) is 30.3 Å². The number of aryl methyl sites for hydroxylation is 1. The largest absolute Gasteiger partial charge is 0.357 e. The minimum absolute atomic E-state index is 0. The summed E-state index contributed by atoms with van der Waals surface area (Å²) in [7, 11) is 0. The molecule has 6 nitrogen and oxygen atoms in total. The monoisotopic (exact) mass is 519 g/mol. The summed E-state index contributed by atoms with van der Waals surface area (Å²) in [5.41, 5.74) is 0.860. The molecule has 0 radical (unpaired) electrons. The van der Waals surface area contributed by atoms with Gasteiger partial charge in [0.1, 0.15) is 5.82 Å². The number of aliphatic imine (C=N–C) groups is 1. The molecule has 164 valence electrons. The molecule has 0 unspecified atom stereocenters. The van der Waals surface area contributed by atoms with Gasteiger partial charge in [0, 0.05) is 37.8 Å². The molecule has 1 saturated heterocycles. The van der Waals surface area contributed by atoms with E-state index in [9.17, 15) is 9.18 Å². The molecule has 1 aliphatic rings. The van der Waals surface area contributed by atoms with Crippen LogP contribution in [0.4, 0.5) is 4.39 Å². The number of carbonyl (C=O) groups is 1. The maximum absolute atomic E-state index is 13.6. The smallest absolute Gasteiger partial charge is 0.251 e. The molecule has 0 atom stereocenters. The van der Waals surface area contributed by atoms with Gasteiger partial charge in [-0.2, -0.15) is 0 Å². The Morgan fingerprint density at radius 1 is 1.24 bits per heavy atom. The van der Waals surface area contributed by atoms with Crippen LogP contribution in [0.25, 0.3) is 0 Å². The number of hydrogen-bond acceptors (Lipinski definition) is 3. The van der Waals surface area contributed by atoms with Crippen molar-refractivity contribution in [3.8, 4) is 0 Å². The Hall–Kier alpha value is -1.42. The van der Waals surface area contributed by atoms with E-state index >= 15 is 0 Å². The molecule has 1 aromatic carbocycles. The lowest BCUT2D eigenvalue weighted by molar-refractivity contribution is 0.0954. The first-order chi connectivity index (χ1) is 13.5. The maximum atomic E-state index is 13.6. The van der Waals surface area contributed by atoms with Gasteiger partial charge in [-0.3, -0.25) is 9.79 Å². The number of amides is 1. The second-order valence-electron chi connectivity index (χ2n) is 7.24. The Morgan fingerprint density at radius 2 is 1.97 bits per heavy atom. The molecule has 1 amide bonds. The molecule has 3 N–H and O–H groups in total. The van der Waals surface area contributed by atoms with E-state index in [4.69, 9.17) is 0 Å². The van der Waals surface area contributed by atoms with Crippen LogP contribution in [0.3, 0.4) is 0 Å². The van der Waals surface area contributed by atoms with E-state index in [0.717, 1.165) is 38.4 Å². The van der Waals surface area contributed by atoms with Crippen molar-refractivity contribution in [2.75, 3.05) is 39.3 Å². The lowest BCUT2D eigenvalue weighted by Gasteiger charge is -2.32. The van der Waals surface area contributed by atoms with Gasteiger partial charge < -0.3 is 20.9 Å². The summed E-state index contributed by atoms with van der Waals surface area (Å²) in [6.45, 7) is 11.0. The van der Waals surface area contributed by atoms with E-state index in [-0.39, 0.29) is 35.7 Å². The van der Waals surface area contributed by atoms with Crippen LogP contribution in [-0.4, -0.2) is 62.1 Å². The van der Waals surface area contributed by atoms with Crippen LogP contribution in [0.1, 0.15) is 49.0 Å². The van der Waals surface area contributed by atoms with Crippen LogP contribution >= 0.6 is 24.0 Å². The van der Waals surface area contributed by atoms with Gasteiger partial charge in [0.15, 0.2) is 5.96 Å². The van der Waals surface area contributed by atoms with E-state index in [1.807, 2.05) is 6.92 Å². The van der Waals surface area contributed by atoms with Crippen molar-refractivity contribution in [1.29, 1.82) is 0 Å². The first kappa shape index (κ1) is 25.6. The summed E-state index contributed by atoms with van der Waals surface area (Å²) in [5.74, 6) is 0.136. The van der Waals surface area contributed by atoms with Crippen molar-refractivity contribution in [2.24, 2.45) is 4.99 Å². The SMILES string of the molecule is CCCN1CCC(NC(=NCCNC(=O)c2ccc(C)c(F)c2)NCC)CC1.I.